The summed E-state index contributed by atoms with van der Waals surface area (Å²) in [5.41, 5.74) is 1.45. The zero-order chi connectivity index (χ0) is 11.4. The fourth-order valence-corrected chi connectivity index (χ4v) is 2.62. The van der Waals surface area contributed by atoms with Crippen LogP contribution in [-0.4, -0.2) is 17.8 Å². The Kier molecular flexibility index (Phi) is 4.30. The van der Waals surface area contributed by atoms with Crippen LogP contribution in [0.5, 0.6) is 0 Å². The molecule has 1 aliphatic rings. The third-order valence-electron chi connectivity index (χ3n) is 2.87. The second-order valence-electron chi connectivity index (χ2n) is 4.62. The first kappa shape index (κ1) is 12.0. The molecular formula is C14H21NS. The average Bonchev–Trinajstić information content (AvgIpc) is 3.05. The van der Waals surface area contributed by atoms with E-state index in [0.717, 1.165) is 18.2 Å². The molecular weight excluding hydrogens is 214 g/mol. The van der Waals surface area contributed by atoms with Crippen molar-refractivity contribution >= 4 is 11.8 Å². The van der Waals surface area contributed by atoms with Crippen LogP contribution in [0.1, 0.15) is 32.3 Å². The van der Waals surface area contributed by atoms with E-state index in [1.807, 2.05) is 11.8 Å². The largest absolute Gasteiger partial charge is 0.311 e. The third-order valence-corrected chi connectivity index (χ3v) is 3.77. The summed E-state index contributed by atoms with van der Waals surface area (Å²) in [4.78, 5) is 1.38. The zero-order valence-electron chi connectivity index (χ0n) is 10.2. The van der Waals surface area contributed by atoms with Gasteiger partial charge in [-0.3, -0.25) is 0 Å². The fraction of sp³-hybridized carbons (Fsp3) is 0.571. The van der Waals surface area contributed by atoms with Gasteiger partial charge in [0, 0.05) is 17.0 Å². The van der Waals surface area contributed by atoms with Gasteiger partial charge in [0.2, 0.25) is 0 Å². The smallest absolute Gasteiger partial charge is 0.00817 e. The maximum Gasteiger partial charge on any atom is 0.00817 e. The lowest BCUT2D eigenvalue weighted by Crippen LogP contribution is -2.29. The Morgan fingerprint density at radius 2 is 2.00 bits per heavy atom. The van der Waals surface area contributed by atoms with E-state index >= 15 is 0 Å². The average molecular weight is 235 g/mol. The van der Waals surface area contributed by atoms with Gasteiger partial charge >= 0.3 is 0 Å². The maximum atomic E-state index is 3.64. The Balaban J connectivity index is 1.83. The molecule has 0 saturated heterocycles. The fourth-order valence-electron chi connectivity index (χ4n) is 1.95. The van der Waals surface area contributed by atoms with E-state index in [0.29, 0.717) is 6.04 Å². The summed E-state index contributed by atoms with van der Waals surface area (Å²) in [5.74, 6) is 1.15. The van der Waals surface area contributed by atoms with Gasteiger partial charge < -0.3 is 5.32 Å². The van der Waals surface area contributed by atoms with Crippen LogP contribution >= 0.6 is 11.8 Å². The third kappa shape index (κ3) is 3.84. The normalized spacial score (nSPS) is 17.4. The van der Waals surface area contributed by atoms with Crippen LogP contribution < -0.4 is 5.32 Å². The summed E-state index contributed by atoms with van der Waals surface area (Å²) >= 11 is 1.91. The highest BCUT2D eigenvalue weighted by Crippen LogP contribution is 2.21. The van der Waals surface area contributed by atoms with Gasteiger partial charge in [0.15, 0.2) is 0 Å². The van der Waals surface area contributed by atoms with Gasteiger partial charge in [-0.15, -0.1) is 11.8 Å². The van der Waals surface area contributed by atoms with Gasteiger partial charge in [-0.25, -0.2) is 0 Å². The molecule has 16 heavy (non-hydrogen) atoms. The molecule has 0 aromatic heterocycles. The van der Waals surface area contributed by atoms with Gasteiger partial charge in [0.25, 0.3) is 0 Å². The van der Waals surface area contributed by atoms with E-state index in [4.69, 9.17) is 0 Å². The van der Waals surface area contributed by atoms with Gasteiger partial charge in [0.05, 0.1) is 0 Å². The number of hydrogen-bond donors (Lipinski definition) is 1. The lowest BCUT2D eigenvalue weighted by Gasteiger charge is -2.13. The van der Waals surface area contributed by atoms with Gasteiger partial charge in [-0.1, -0.05) is 19.1 Å². The molecule has 0 radical (unpaired) electrons. The molecule has 1 atom stereocenters. The number of benzene rings is 1. The molecule has 1 N–H and O–H groups in total. The quantitative estimate of drug-likeness (QED) is 0.758. The highest BCUT2D eigenvalue weighted by atomic mass is 32.2. The van der Waals surface area contributed by atoms with Crippen molar-refractivity contribution < 1.29 is 0 Å². The van der Waals surface area contributed by atoms with Gasteiger partial charge in [-0.2, -0.15) is 0 Å². The Morgan fingerprint density at radius 1 is 1.31 bits per heavy atom. The molecule has 1 nitrogen and oxygen atoms in total. The highest BCUT2D eigenvalue weighted by Gasteiger charge is 2.22. The second-order valence-corrected chi connectivity index (χ2v) is 5.96. The van der Waals surface area contributed by atoms with Crippen molar-refractivity contribution in [3.63, 3.8) is 0 Å². The summed E-state index contributed by atoms with van der Waals surface area (Å²) in [5, 5.41) is 3.64. The maximum absolute atomic E-state index is 3.64. The number of hydrogen-bond acceptors (Lipinski definition) is 2. The Bertz CT molecular complexity index is 316. The lowest BCUT2D eigenvalue weighted by atomic mass is 10.1. The highest BCUT2D eigenvalue weighted by molar-refractivity contribution is 7.99. The van der Waals surface area contributed by atoms with Crippen LogP contribution in [0.25, 0.3) is 0 Å². The molecule has 2 heteroatoms. The summed E-state index contributed by atoms with van der Waals surface area (Å²) in [7, 11) is 0. The van der Waals surface area contributed by atoms with E-state index in [1.54, 1.807) is 0 Å². The molecule has 1 fully saturated rings. The first-order valence-corrected chi connectivity index (χ1v) is 7.24. The predicted octanol–water partition coefficient (Wildman–Crippen LogP) is 3.48. The van der Waals surface area contributed by atoms with Crippen molar-refractivity contribution in [3.8, 4) is 0 Å². The van der Waals surface area contributed by atoms with Gasteiger partial charge in [0.1, 0.15) is 0 Å². The predicted molar refractivity (Wildman–Crippen MR) is 72.2 cm³/mol. The first-order valence-electron chi connectivity index (χ1n) is 6.25. The zero-order valence-corrected chi connectivity index (χ0v) is 11.0. The van der Waals surface area contributed by atoms with E-state index < -0.39 is 0 Å². The van der Waals surface area contributed by atoms with E-state index in [-0.39, 0.29) is 0 Å². The van der Waals surface area contributed by atoms with Crippen LogP contribution in [0.15, 0.2) is 29.2 Å². The molecule has 0 spiro atoms. The number of rotatable bonds is 6. The van der Waals surface area contributed by atoms with Crippen molar-refractivity contribution in [3.05, 3.63) is 29.8 Å². The molecule has 0 amide bonds. The number of nitrogens with one attached hydrogen (secondary N) is 1. The van der Waals surface area contributed by atoms with Crippen molar-refractivity contribution in [2.45, 2.75) is 50.1 Å². The minimum atomic E-state index is 0.608. The van der Waals surface area contributed by atoms with Crippen LogP contribution in [0.4, 0.5) is 0 Å². The molecule has 0 heterocycles. The van der Waals surface area contributed by atoms with Crippen molar-refractivity contribution in [2.24, 2.45) is 0 Å². The molecule has 1 saturated carbocycles. The molecule has 1 unspecified atom stereocenters. The molecule has 88 valence electrons. The summed E-state index contributed by atoms with van der Waals surface area (Å²) in [6, 6.07) is 10.4. The van der Waals surface area contributed by atoms with Crippen molar-refractivity contribution in [1.82, 2.24) is 5.32 Å². The standard InChI is InChI=1S/C14H21NS/c1-3-16-14-8-4-12(5-9-14)10-11(2)15-13-6-7-13/h4-5,8-9,11,13,15H,3,6-7,10H2,1-2H3. The Hall–Kier alpha value is -0.470. The molecule has 2 rings (SSSR count). The minimum Gasteiger partial charge on any atom is -0.311 e. The number of thioether (sulfide) groups is 1. The molecule has 0 bridgehead atoms. The second kappa shape index (κ2) is 5.74. The lowest BCUT2D eigenvalue weighted by molar-refractivity contribution is 0.542. The summed E-state index contributed by atoms with van der Waals surface area (Å²) < 4.78 is 0. The molecule has 1 aromatic carbocycles. The molecule has 0 aliphatic heterocycles. The molecule has 1 aromatic rings. The Morgan fingerprint density at radius 3 is 2.56 bits per heavy atom. The van der Waals surface area contributed by atoms with Crippen LogP contribution in [-0.2, 0) is 6.42 Å². The topological polar surface area (TPSA) is 12.0 Å². The van der Waals surface area contributed by atoms with E-state index in [2.05, 4.69) is 43.4 Å². The van der Waals surface area contributed by atoms with E-state index in [9.17, 15) is 0 Å². The van der Waals surface area contributed by atoms with E-state index in [1.165, 1.54) is 23.3 Å². The van der Waals surface area contributed by atoms with Crippen molar-refractivity contribution in [2.75, 3.05) is 5.75 Å². The Labute approximate surface area is 103 Å². The molecule has 1 aliphatic carbocycles. The van der Waals surface area contributed by atoms with Crippen molar-refractivity contribution in [1.29, 1.82) is 0 Å². The minimum absolute atomic E-state index is 0.608. The SMILES string of the molecule is CCSc1ccc(CC(C)NC2CC2)cc1. The first-order chi connectivity index (χ1) is 7.78. The van der Waals surface area contributed by atoms with Crippen LogP contribution in [0.3, 0.4) is 0 Å². The summed E-state index contributed by atoms with van der Waals surface area (Å²) in [6.45, 7) is 4.48. The summed E-state index contributed by atoms with van der Waals surface area (Å²) in [6.07, 6.45) is 3.89. The van der Waals surface area contributed by atoms with Gasteiger partial charge in [-0.05, 0) is 49.6 Å². The van der Waals surface area contributed by atoms with Crippen LogP contribution in [0, 0.1) is 0 Å². The monoisotopic (exact) mass is 235 g/mol. The van der Waals surface area contributed by atoms with Crippen LogP contribution in [0.2, 0.25) is 0 Å².